The molecule has 0 bridgehead atoms. The van der Waals surface area contributed by atoms with E-state index in [2.05, 4.69) is 16.0 Å². The molecule has 5 atom stereocenters. The van der Waals surface area contributed by atoms with Gasteiger partial charge >= 0.3 is 5.97 Å². The molecule has 1 aliphatic heterocycles. The molecule has 0 saturated carbocycles. The van der Waals surface area contributed by atoms with Crippen molar-refractivity contribution in [3.8, 4) is 0 Å². The Labute approximate surface area is 224 Å². The summed E-state index contributed by atoms with van der Waals surface area (Å²) >= 11 is 0. The van der Waals surface area contributed by atoms with Crippen molar-refractivity contribution in [2.75, 3.05) is 6.54 Å². The summed E-state index contributed by atoms with van der Waals surface area (Å²) < 4.78 is 0. The summed E-state index contributed by atoms with van der Waals surface area (Å²) in [4.78, 5) is 75.8. The molecule has 1 rings (SSSR count). The van der Waals surface area contributed by atoms with Crippen LogP contribution in [0.1, 0.15) is 80.1 Å². The summed E-state index contributed by atoms with van der Waals surface area (Å²) in [5, 5.41) is 26.8. The second-order valence-electron chi connectivity index (χ2n) is 10.9. The van der Waals surface area contributed by atoms with Crippen molar-refractivity contribution >= 4 is 35.4 Å². The standard InChI is InChI=1S/C26H44N4O8/c1-14(2)12-18(16(5)31)27-24(36)19(13-15(3)4)28-25(37)20-8-7-11-30(20)26(38)23(17(6)32)29-21(33)9-10-22(34)35/h14-15,17-20,23,32H,7-13H2,1-6H3,(H,27,36)(H,28,37)(H,29,33)(H,34,35)/t17-,18+,19+,20+,23+/m1/s1. The number of hydrogen-bond acceptors (Lipinski definition) is 7. The molecule has 0 spiro atoms. The fourth-order valence-electron chi connectivity index (χ4n) is 4.38. The third-order valence-corrected chi connectivity index (χ3v) is 6.32. The lowest BCUT2D eigenvalue weighted by Crippen LogP contribution is -2.59. The Morgan fingerprint density at radius 3 is 1.95 bits per heavy atom. The lowest BCUT2D eigenvalue weighted by molar-refractivity contribution is -0.144. The minimum Gasteiger partial charge on any atom is -0.481 e. The highest BCUT2D eigenvalue weighted by Gasteiger charge is 2.40. The quantitative estimate of drug-likeness (QED) is 0.197. The summed E-state index contributed by atoms with van der Waals surface area (Å²) in [5.41, 5.74) is 0. The number of amides is 4. The summed E-state index contributed by atoms with van der Waals surface area (Å²) in [6.07, 6.45) is -0.457. The van der Waals surface area contributed by atoms with Gasteiger partial charge in [-0.05, 0) is 51.4 Å². The molecule has 4 amide bonds. The molecule has 38 heavy (non-hydrogen) atoms. The van der Waals surface area contributed by atoms with Crippen molar-refractivity contribution in [1.29, 1.82) is 0 Å². The van der Waals surface area contributed by atoms with Crippen molar-refractivity contribution in [2.24, 2.45) is 11.8 Å². The highest BCUT2D eigenvalue weighted by molar-refractivity contribution is 5.96. The molecule has 12 heteroatoms. The van der Waals surface area contributed by atoms with E-state index in [9.17, 15) is 33.9 Å². The Kier molecular flexibility index (Phi) is 13.4. The summed E-state index contributed by atoms with van der Waals surface area (Å²) in [6.45, 7) is 10.6. The second-order valence-corrected chi connectivity index (χ2v) is 10.9. The van der Waals surface area contributed by atoms with E-state index in [0.29, 0.717) is 25.7 Å². The third kappa shape index (κ3) is 10.8. The molecule has 0 aliphatic carbocycles. The van der Waals surface area contributed by atoms with Crippen LogP contribution in [0.3, 0.4) is 0 Å². The number of likely N-dealkylation sites (tertiary alicyclic amines) is 1. The molecule has 0 aromatic heterocycles. The zero-order chi connectivity index (χ0) is 29.2. The van der Waals surface area contributed by atoms with Crippen LogP contribution in [0.5, 0.6) is 0 Å². The minimum atomic E-state index is -1.35. The zero-order valence-electron chi connectivity index (χ0n) is 23.3. The maximum atomic E-state index is 13.3. The smallest absolute Gasteiger partial charge is 0.303 e. The number of carbonyl (C=O) groups is 6. The van der Waals surface area contributed by atoms with Gasteiger partial charge in [0, 0.05) is 13.0 Å². The first kappa shape index (κ1) is 33.0. The van der Waals surface area contributed by atoms with Crippen LogP contribution in [-0.4, -0.2) is 87.3 Å². The van der Waals surface area contributed by atoms with Crippen LogP contribution in [0.15, 0.2) is 0 Å². The summed E-state index contributed by atoms with van der Waals surface area (Å²) in [6, 6.07) is -3.86. The predicted octanol–water partition coefficient (Wildman–Crippen LogP) is 0.359. The average Bonchev–Trinajstić information content (AvgIpc) is 3.29. The lowest BCUT2D eigenvalue weighted by Gasteiger charge is -2.31. The van der Waals surface area contributed by atoms with E-state index >= 15 is 0 Å². The van der Waals surface area contributed by atoms with Crippen LogP contribution in [0.2, 0.25) is 0 Å². The Morgan fingerprint density at radius 2 is 1.45 bits per heavy atom. The normalized spacial score (nSPS) is 18.4. The molecule has 216 valence electrons. The molecule has 0 unspecified atom stereocenters. The first-order chi connectivity index (χ1) is 17.6. The number of carboxylic acids is 1. The number of aliphatic hydroxyl groups excluding tert-OH is 1. The minimum absolute atomic E-state index is 0.0499. The van der Waals surface area contributed by atoms with Crippen LogP contribution >= 0.6 is 0 Å². The molecule has 0 radical (unpaired) electrons. The van der Waals surface area contributed by atoms with Crippen LogP contribution < -0.4 is 16.0 Å². The highest BCUT2D eigenvalue weighted by atomic mass is 16.4. The molecule has 0 aromatic rings. The van der Waals surface area contributed by atoms with Gasteiger partial charge in [-0.15, -0.1) is 0 Å². The number of hydrogen-bond donors (Lipinski definition) is 5. The van der Waals surface area contributed by atoms with Gasteiger partial charge < -0.3 is 31.1 Å². The van der Waals surface area contributed by atoms with Crippen LogP contribution in [-0.2, 0) is 28.8 Å². The Bertz CT molecular complexity index is 873. The van der Waals surface area contributed by atoms with Gasteiger partial charge in [0.05, 0.1) is 18.6 Å². The maximum absolute atomic E-state index is 13.3. The van der Waals surface area contributed by atoms with Crippen molar-refractivity contribution in [1.82, 2.24) is 20.9 Å². The summed E-state index contributed by atoms with van der Waals surface area (Å²) in [7, 11) is 0. The monoisotopic (exact) mass is 540 g/mol. The highest BCUT2D eigenvalue weighted by Crippen LogP contribution is 2.20. The van der Waals surface area contributed by atoms with E-state index in [-0.39, 0.29) is 30.6 Å². The number of aliphatic carboxylic acids is 1. The largest absolute Gasteiger partial charge is 0.481 e. The van der Waals surface area contributed by atoms with E-state index in [0.717, 1.165) is 0 Å². The number of Topliss-reactive ketones (excluding diaryl/α,β-unsaturated/α-hetero) is 1. The first-order valence-electron chi connectivity index (χ1n) is 13.2. The number of rotatable bonds is 15. The molecule has 1 fully saturated rings. The van der Waals surface area contributed by atoms with Gasteiger partial charge in [-0.25, -0.2) is 0 Å². The topological polar surface area (TPSA) is 182 Å². The maximum Gasteiger partial charge on any atom is 0.303 e. The third-order valence-electron chi connectivity index (χ3n) is 6.32. The van der Waals surface area contributed by atoms with Gasteiger partial charge in [0.2, 0.25) is 23.6 Å². The van der Waals surface area contributed by atoms with Crippen molar-refractivity contribution in [2.45, 2.75) is 110 Å². The van der Waals surface area contributed by atoms with Gasteiger partial charge in [-0.1, -0.05) is 27.7 Å². The molecular formula is C26H44N4O8. The van der Waals surface area contributed by atoms with E-state index in [4.69, 9.17) is 5.11 Å². The molecule has 0 aromatic carbocycles. The van der Waals surface area contributed by atoms with Crippen LogP contribution in [0.4, 0.5) is 0 Å². The fraction of sp³-hybridized carbons (Fsp3) is 0.769. The van der Waals surface area contributed by atoms with Crippen molar-refractivity contribution in [3.63, 3.8) is 0 Å². The number of aliphatic hydroxyl groups is 1. The molecule has 1 saturated heterocycles. The SMILES string of the molecule is CC(=O)[C@H](CC(C)C)NC(=O)[C@H](CC(C)C)NC(=O)[C@@H]1CCCN1C(=O)[C@@H](NC(=O)CCC(=O)O)[C@@H](C)O. The lowest BCUT2D eigenvalue weighted by atomic mass is 9.98. The van der Waals surface area contributed by atoms with E-state index in [1.54, 1.807) is 0 Å². The van der Waals surface area contributed by atoms with Gasteiger partial charge in [-0.2, -0.15) is 0 Å². The Balaban J connectivity index is 3.00. The number of carboxylic acid groups (broad SMARTS) is 1. The average molecular weight is 541 g/mol. The first-order valence-corrected chi connectivity index (χ1v) is 13.2. The molecule has 12 nitrogen and oxygen atoms in total. The van der Waals surface area contributed by atoms with E-state index < -0.39 is 66.3 Å². The zero-order valence-corrected chi connectivity index (χ0v) is 23.3. The van der Waals surface area contributed by atoms with Gasteiger partial charge in [0.15, 0.2) is 5.78 Å². The van der Waals surface area contributed by atoms with Gasteiger partial charge in [0.1, 0.15) is 18.1 Å². The molecule has 1 heterocycles. The number of ketones is 1. The van der Waals surface area contributed by atoms with Crippen molar-refractivity contribution < 1.29 is 39.0 Å². The van der Waals surface area contributed by atoms with E-state index in [1.165, 1.54) is 18.7 Å². The van der Waals surface area contributed by atoms with Gasteiger partial charge in [-0.3, -0.25) is 28.8 Å². The molecule has 5 N–H and O–H groups in total. The molecular weight excluding hydrogens is 496 g/mol. The van der Waals surface area contributed by atoms with Gasteiger partial charge in [0.25, 0.3) is 0 Å². The Morgan fingerprint density at radius 1 is 0.868 bits per heavy atom. The number of carbonyl (C=O) groups excluding carboxylic acids is 5. The van der Waals surface area contributed by atoms with Crippen molar-refractivity contribution in [3.05, 3.63) is 0 Å². The fourth-order valence-corrected chi connectivity index (χ4v) is 4.38. The van der Waals surface area contributed by atoms with E-state index in [1.807, 2.05) is 27.7 Å². The second kappa shape index (κ2) is 15.4. The number of nitrogens with zero attached hydrogens (tertiary/aromatic N) is 1. The summed E-state index contributed by atoms with van der Waals surface area (Å²) in [5.74, 6) is -3.51. The van der Waals surface area contributed by atoms with Crippen LogP contribution in [0, 0.1) is 11.8 Å². The number of nitrogens with one attached hydrogen (secondary N) is 3. The predicted molar refractivity (Wildman–Crippen MR) is 139 cm³/mol. The van der Waals surface area contributed by atoms with Crippen LogP contribution in [0.25, 0.3) is 0 Å². The molecule has 1 aliphatic rings. The Hall–Kier alpha value is -3.02.